The second-order valence-corrected chi connectivity index (χ2v) is 7.05. The molecule has 0 saturated carbocycles. The summed E-state index contributed by atoms with van der Waals surface area (Å²) in [5.41, 5.74) is 0.516. The molecule has 1 unspecified atom stereocenters. The second-order valence-electron chi connectivity index (χ2n) is 7.05. The monoisotopic (exact) mass is 390 g/mol. The molecule has 154 valence electrons. The fourth-order valence-corrected chi connectivity index (χ4v) is 3.76. The highest BCUT2D eigenvalue weighted by Gasteiger charge is 2.35. The standard InChI is InChI=1S/C21H30N2O5/c1-2-26-18-10-4-3-8-16(18)20(25)22-12-7-11-19(24)23-13-6-5-9-17(23)21-27-14-15-28-21/h3-4,8,10,17,21H,2,5-7,9,11-15H2,1H3,(H,22,25). The molecule has 2 amide bonds. The van der Waals surface area contributed by atoms with Crippen LogP contribution in [0.25, 0.3) is 0 Å². The van der Waals surface area contributed by atoms with E-state index >= 15 is 0 Å². The van der Waals surface area contributed by atoms with Crippen molar-refractivity contribution in [3.05, 3.63) is 29.8 Å². The summed E-state index contributed by atoms with van der Waals surface area (Å²) in [5.74, 6) is 0.499. The number of piperidine rings is 1. The van der Waals surface area contributed by atoms with E-state index in [1.165, 1.54) is 0 Å². The molecule has 1 aromatic rings. The molecule has 2 aliphatic rings. The first-order valence-corrected chi connectivity index (χ1v) is 10.2. The van der Waals surface area contributed by atoms with E-state index < -0.39 is 0 Å². The van der Waals surface area contributed by atoms with Crippen molar-refractivity contribution in [1.29, 1.82) is 0 Å². The van der Waals surface area contributed by atoms with Crippen LogP contribution in [0.3, 0.4) is 0 Å². The molecule has 1 atom stereocenters. The van der Waals surface area contributed by atoms with Gasteiger partial charge in [-0.15, -0.1) is 0 Å². The lowest BCUT2D eigenvalue weighted by molar-refractivity contribution is -0.150. The predicted octanol–water partition coefficient (Wildman–Crippen LogP) is 2.35. The second kappa shape index (κ2) is 10.4. The van der Waals surface area contributed by atoms with Crippen LogP contribution in [-0.4, -0.2) is 62.0 Å². The lowest BCUT2D eigenvalue weighted by Gasteiger charge is -2.38. The molecular formula is C21H30N2O5. The van der Waals surface area contributed by atoms with E-state index in [1.54, 1.807) is 12.1 Å². The van der Waals surface area contributed by atoms with E-state index in [1.807, 2.05) is 24.0 Å². The van der Waals surface area contributed by atoms with Gasteiger partial charge in [0.1, 0.15) is 5.75 Å². The van der Waals surface area contributed by atoms with E-state index in [2.05, 4.69) is 5.32 Å². The number of benzene rings is 1. The van der Waals surface area contributed by atoms with Crippen LogP contribution in [0, 0.1) is 0 Å². The van der Waals surface area contributed by atoms with Crippen LogP contribution < -0.4 is 10.1 Å². The Kier molecular flexibility index (Phi) is 7.68. The van der Waals surface area contributed by atoms with Gasteiger partial charge in [0.25, 0.3) is 5.91 Å². The number of rotatable bonds is 8. The number of hydrogen-bond donors (Lipinski definition) is 1. The lowest BCUT2D eigenvalue weighted by Crippen LogP contribution is -2.50. The third-order valence-electron chi connectivity index (χ3n) is 5.12. The summed E-state index contributed by atoms with van der Waals surface area (Å²) in [6.07, 6.45) is 3.72. The maximum Gasteiger partial charge on any atom is 0.255 e. The number of nitrogens with one attached hydrogen (secondary N) is 1. The van der Waals surface area contributed by atoms with E-state index in [4.69, 9.17) is 14.2 Å². The minimum atomic E-state index is -0.293. The molecule has 1 N–H and O–H groups in total. The number of amides is 2. The van der Waals surface area contributed by atoms with E-state index in [0.717, 1.165) is 25.8 Å². The Hall–Kier alpha value is -2.12. The molecule has 7 heteroatoms. The Morgan fingerprint density at radius 1 is 1.21 bits per heavy atom. The molecule has 0 spiro atoms. The summed E-state index contributed by atoms with van der Waals surface area (Å²) in [6.45, 7) is 4.78. The number of carbonyl (C=O) groups excluding carboxylic acids is 2. The first kappa shape index (κ1) is 20.6. The Morgan fingerprint density at radius 2 is 2.00 bits per heavy atom. The zero-order valence-electron chi connectivity index (χ0n) is 16.5. The van der Waals surface area contributed by atoms with Crippen LogP contribution >= 0.6 is 0 Å². The fourth-order valence-electron chi connectivity index (χ4n) is 3.76. The van der Waals surface area contributed by atoms with Crippen molar-refractivity contribution in [2.24, 2.45) is 0 Å². The van der Waals surface area contributed by atoms with Crippen molar-refractivity contribution >= 4 is 11.8 Å². The molecular weight excluding hydrogens is 360 g/mol. The zero-order valence-corrected chi connectivity index (χ0v) is 16.5. The van der Waals surface area contributed by atoms with Gasteiger partial charge in [-0.2, -0.15) is 0 Å². The van der Waals surface area contributed by atoms with Gasteiger partial charge in [0.2, 0.25) is 5.91 Å². The number of ether oxygens (including phenoxy) is 3. The van der Waals surface area contributed by atoms with Crippen LogP contribution in [0.1, 0.15) is 49.4 Å². The van der Waals surface area contributed by atoms with Crippen molar-refractivity contribution in [3.63, 3.8) is 0 Å². The average Bonchev–Trinajstić information content (AvgIpc) is 3.26. The SMILES string of the molecule is CCOc1ccccc1C(=O)NCCCC(=O)N1CCCCC1C1OCCO1. The summed E-state index contributed by atoms with van der Waals surface area (Å²) in [5, 5.41) is 2.88. The van der Waals surface area contributed by atoms with Crippen molar-refractivity contribution < 1.29 is 23.8 Å². The quantitative estimate of drug-likeness (QED) is 0.690. The summed E-state index contributed by atoms with van der Waals surface area (Å²) >= 11 is 0. The molecule has 0 bridgehead atoms. The largest absolute Gasteiger partial charge is 0.493 e. The number of nitrogens with zero attached hydrogens (tertiary/aromatic N) is 1. The molecule has 1 aromatic carbocycles. The van der Waals surface area contributed by atoms with Crippen molar-refractivity contribution in [2.75, 3.05) is 32.9 Å². The van der Waals surface area contributed by atoms with Gasteiger partial charge in [-0.3, -0.25) is 9.59 Å². The highest BCUT2D eigenvalue weighted by atomic mass is 16.7. The van der Waals surface area contributed by atoms with Crippen LogP contribution in [0.4, 0.5) is 0 Å². The lowest BCUT2D eigenvalue weighted by atomic mass is 10.0. The van der Waals surface area contributed by atoms with Crippen LogP contribution in [0.15, 0.2) is 24.3 Å². The van der Waals surface area contributed by atoms with Crippen molar-refractivity contribution in [3.8, 4) is 5.75 Å². The Morgan fingerprint density at radius 3 is 2.79 bits per heavy atom. The molecule has 2 aliphatic heterocycles. The summed E-state index contributed by atoms with van der Waals surface area (Å²) in [7, 11) is 0. The highest BCUT2D eigenvalue weighted by Crippen LogP contribution is 2.25. The van der Waals surface area contributed by atoms with Crippen molar-refractivity contribution in [1.82, 2.24) is 10.2 Å². The van der Waals surface area contributed by atoms with Gasteiger partial charge in [-0.25, -0.2) is 0 Å². The minimum Gasteiger partial charge on any atom is -0.493 e. The van der Waals surface area contributed by atoms with E-state index in [0.29, 0.717) is 50.5 Å². The number of para-hydroxylation sites is 1. The smallest absolute Gasteiger partial charge is 0.255 e. The van der Waals surface area contributed by atoms with Crippen LogP contribution in [0.2, 0.25) is 0 Å². The van der Waals surface area contributed by atoms with E-state index in [9.17, 15) is 9.59 Å². The maximum atomic E-state index is 12.7. The van der Waals surface area contributed by atoms with Gasteiger partial charge >= 0.3 is 0 Å². The average molecular weight is 390 g/mol. The third kappa shape index (κ3) is 5.23. The first-order chi connectivity index (χ1) is 13.7. The van der Waals surface area contributed by atoms with Gasteiger partial charge in [0.15, 0.2) is 6.29 Å². The third-order valence-corrected chi connectivity index (χ3v) is 5.12. The van der Waals surface area contributed by atoms with Gasteiger partial charge in [-0.05, 0) is 44.7 Å². The molecule has 2 fully saturated rings. The number of likely N-dealkylation sites (tertiary alicyclic amines) is 1. The van der Waals surface area contributed by atoms with Gasteiger partial charge < -0.3 is 24.4 Å². The number of hydrogen-bond acceptors (Lipinski definition) is 5. The molecule has 0 aromatic heterocycles. The normalized spacial score (nSPS) is 20.2. The Bertz CT molecular complexity index is 660. The molecule has 0 aliphatic carbocycles. The molecule has 0 radical (unpaired) electrons. The number of carbonyl (C=O) groups is 2. The maximum absolute atomic E-state index is 12.7. The van der Waals surface area contributed by atoms with Gasteiger partial charge in [0.05, 0.1) is 31.4 Å². The van der Waals surface area contributed by atoms with Gasteiger partial charge in [-0.1, -0.05) is 12.1 Å². The zero-order chi connectivity index (χ0) is 19.8. The highest BCUT2D eigenvalue weighted by molar-refractivity contribution is 5.96. The van der Waals surface area contributed by atoms with E-state index in [-0.39, 0.29) is 24.1 Å². The Labute approximate surface area is 166 Å². The molecule has 3 rings (SSSR count). The minimum absolute atomic E-state index is 0.0106. The predicted molar refractivity (Wildman–Crippen MR) is 104 cm³/mol. The Balaban J connectivity index is 1.45. The summed E-state index contributed by atoms with van der Waals surface area (Å²) < 4.78 is 16.7. The van der Waals surface area contributed by atoms with Crippen LogP contribution in [-0.2, 0) is 14.3 Å². The fraction of sp³-hybridized carbons (Fsp3) is 0.619. The first-order valence-electron chi connectivity index (χ1n) is 10.2. The van der Waals surface area contributed by atoms with Crippen LogP contribution in [0.5, 0.6) is 5.75 Å². The van der Waals surface area contributed by atoms with Crippen molar-refractivity contribution in [2.45, 2.75) is 51.4 Å². The summed E-state index contributed by atoms with van der Waals surface area (Å²) in [6, 6.07) is 7.19. The molecule has 2 saturated heterocycles. The molecule has 2 heterocycles. The van der Waals surface area contributed by atoms with Gasteiger partial charge in [0, 0.05) is 19.5 Å². The summed E-state index contributed by atoms with van der Waals surface area (Å²) in [4.78, 5) is 27.0. The molecule has 7 nitrogen and oxygen atoms in total. The molecule has 28 heavy (non-hydrogen) atoms. The topological polar surface area (TPSA) is 77.1 Å².